The molecule has 0 spiro atoms. The summed E-state index contributed by atoms with van der Waals surface area (Å²) in [6, 6.07) is 16.0. The molecule has 2 aliphatic heterocycles. The van der Waals surface area contributed by atoms with E-state index in [1.807, 2.05) is 36.4 Å². The zero-order valence-corrected chi connectivity index (χ0v) is 18.6. The van der Waals surface area contributed by atoms with Crippen LogP contribution in [-0.2, 0) is 17.9 Å². The molecule has 1 amide bonds. The van der Waals surface area contributed by atoms with Crippen LogP contribution in [0.4, 0.5) is 0 Å². The molecule has 0 saturated carbocycles. The summed E-state index contributed by atoms with van der Waals surface area (Å²) in [6.45, 7) is 5.68. The van der Waals surface area contributed by atoms with Gasteiger partial charge < -0.3 is 14.8 Å². The zero-order chi connectivity index (χ0) is 21.8. The molecule has 7 nitrogen and oxygen atoms in total. The molecule has 2 aromatic carbocycles. The van der Waals surface area contributed by atoms with E-state index in [9.17, 15) is 4.79 Å². The second kappa shape index (κ2) is 9.68. The lowest BCUT2D eigenvalue weighted by Gasteiger charge is -2.33. The molecule has 8 heteroatoms. The van der Waals surface area contributed by atoms with Crippen LogP contribution in [0.3, 0.4) is 0 Å². The topological polar surface area (TPSA) is 66.9 Å². The summed E-state index contributed by atoms with van der Waals surface area (Å²) in [5.41, 5.74) is 3.21. The van der Waals surface area contributed by atoms with Crippen LogP contribution in [0.5, 0.6) is 11.5 Å². The molecule has 0 unspecified atom stereocenters. The van der Waals surface area contributed by atoms with Crippen molar-refractivity contribution < 1.29 is 14.3 Å². The fraction of sp³-hybridized carbons (Fsp3) is 0.333. The smallest absolute Gasteiger partial charge is 0.234 e. The van der Waals surface area contributed by atoms with E-state index in [0.29, 0.717) is 13.1 Å². The Balaban J connectivity index is 1.05. The van der Waals surface area contributed by atoms with Crippen molar-refractivity contribution in [3.05, 3.63) is 64.5 Å². The molecule has 32 heavy (non-hydrogen) atoms. The van der Waals surface area contributed by atoms with E-state index < -0.39 is 0 Å². The molecule has 0 aliphatic carbocycles. The summed E-state index contributed by atoms with van der Waals surface area (Å²) >= 11 is 1.71. The van der Waals surface area contributed by atoms with Crippen LogP contribution >= 0.6 is 11.3 Å². The molecular weight excluding hydrogens is 424 g/mol. The zero-order valence-electron chi connectivity index (χ0n) is 17.8. The lowest BCUT2D eigenvalue weighted by atomic mass is 10.2. The van der Waals surface area contributed by atoms with Crippen molar-refractivity contribution in [1.29, 1.82) is 0 Å². The summed E-state index contributed by atoms with van der Waals surface area (Å²) in [6.07, 6.45) is 0. The highest BCUT2D eigenvalue weighted by atomic mass is 32.1. The number of hydrogen-bond donors (Lipinski definition) is 1. The first-order chi connectivity index (χ1) is 15.7. The van der Waals surface area contributed by atoms with Crippen molar-refractivity contribution in [1.82, 2.24) is 20.1 Å². The van der Waals surface area contributed by atoms with Gasteiger partial charge in [-0.2, -0.15) is 0 Å². The van der Waals surface area contributed by atoms with Crippen molar-refractivity contribution in [2.75, 3.05) is 39.5 Å². The van der Waals surface area contributed by atoms with Gasteiger partial charge in [0.2, 0.25) is 12.7 Å². The molecule has 166 valence electrons. The quantitative estimate of drug-likeness (QED) is 0.597. The number of benzene rings is 2. The van der Waals surface area contributed by atoms with Crippen molar-refractivity contribution >= 4 is 17.2 Å². The molecule has 2 aliphatic rings. The van der Waals surface area contributed by atoms with Crippen molar-refractivity contribution in [2.24, 2.45) is 0 Å². The Morgan fingerprint density at radius 2 is 1.78 bits per heavy atom. The molecule has 0 atom stereocenters. The van der Waals surface area contributed by atoms with Crippen LogP contribution in [0.25, 0.3) is 11.3 Å². The molecule has 1 N–H and O–H groups in total. The number of fused-ring (bicyclic) bond motifs is 1. The predicted molar refractivity (Wildman–Crippen MR) is 124 cm³/mol. The number of rotatable bonds is 7. The first kappa shape index (κ1) is 20.9. The molecule has 3 heterocycles. The fourth-order valence-corrected chi connectivity index (χ4v) is 4.78. The average Bonchev–Trinajstić information content (AvgIpc) is 3.49. The molecule has 1 fully saturated rings. The van der Waals surface area contributed by atoms with Gasteiger partial charge in [0.25, 0.3) is 0 Å². The van der Waals surface area contributed by atoms with E-state index in [-0.39, 0.29) is 12.7 Å². The predicted octanol–water partition coefficient (Wildman–Crippen LogP) is 2.97. The minimum atomic E-state index is 0.0449. The van der Waals surface area contributed by atoms with Gasteiger partial charge in [-0.3, -0.25) is 14.6 Å². The van der Waals surface area contributed by atoms with Crippen LogP contribution in [0.15, 0.2) is 53.9 Å². The SMILES string of the molecule is O=C(CN1CCN(Cc2nc(-c3ccccc3)cs2)CC1)NCc1ccc2c(c1)OCO2. The van der Waals surface area contributed by atoms with E-state index in [1.54, 1.807) is 11.3 Å². The third kappa shape index (κ3) is 5.09. The standard InChI is InChI=1S/C24H26N4O3S/c29-23(25-13-18-6-7-21-22(12-18)31-17-30-21)14-27-8-10-28(11-9-27)15-24-26-20(16-32-24)19-4-2-1-3-5-19/h1-7,12,16H,8-11,13-15,17H2,(H,25,29). The Morgan fingerprint density at radius 1 is 1.00 bits per heavy atom. The number of nitrogens with one attached hydrogen (secondary N) is 1. The van der Waals surface area contributed by atoms with Crippen LogP contribution in [-0.4, -0.2) is 60.2 Å². The third-order valence-electron chi connectivity index (χ3n) is 5.74. The molecule has 5 rings (SSSR count). The number of thiazole rings is 1. The normalized spacial score (nSPS) is 16.2. The van der Waals surface area contributed by atoms with E-state index >= 15 is 0 Å². The van der Waals surface area contributed by atoms with Gasteiger partial charge in [0.1, 0.15) is 5.01 Å². The lowest BCUT2D eigenvalue weighted by Crippen LogP contribution is -2.49. The molecule has 1 aromatic heterocycles. The Hall–Kier alpha value is -2.94. The summed E-state index contributed by atoms with van der Waals surface area (Å²) in [5.74, 6) is 1.54. The summed E-state index contributed by atoms with van der Waals surface area (Å²) in [5, 5.41) is 6.28. The molecule has 0 radical (unpaired) electrons. The van der Waals surface area contributed by atoms with Crippen molar-refractivity contribution in [3.63, 3.8) is 0 Å². The van der Waals surface area contributed by atoms with Crippen LogP contribution in [0.2, 0.25) is 0 Å². The minimum Gasteiger partial charge on any atom is -0.454 e. The van der Waals surface area contributed by atoms with Crippen LogP contribution in [0, 0.1) is 0 Å². The first-order valence-corrected chi connectivity index (χ1v) is 11.7. The van der Waals surface area contributed by atoms with Gasteiger partial charge in [0.15, 0.2) is 11.5 Å². The Labute approximate surface area is 191 Å². The number of ether oxygens (including phenoxy) is 2. The van der Waals surface area contributed by atoms with Crippen LogP contribution < -0.4 is 14.8 Å². The number of aromatic nitrogens is 1. The maximum atomic E-state index is 12.4. The van der Waals surface area contributed by atoms with Gasteiger partial charge in [-0.25, -0.2) is 4.98 Å². The van der Waals surface area contributed by atoms with Gasteiger partial charge in [-0.05, 0) is 17.7 Å². The maximum Gasteiger partial charge on any atom is 0.234 e. The summed E-state index contributed by atoms with van der Waals surface area (Å²) < 4.78 is 10.7. The lowest BCUT2D eigenvalue weighted by molar-refractivity contribution is -0.122. The Kier molecular flexibility index (Phi) is 6.34. The van der Waals surface area contributed by atoms with E-state index in [2.05, 4.69) is 32.6 Å². The minimum absolute atomic E-state index is 0.0449. The maximum absolute atomic E-state index is 12.4. The van der Waals surface area contributed by atoms with Gasteiger partial charge in [-0.1, -0.05) is 36.4 Å². The second-order valence-electron chi connectivity index (χ2n) is 8.01. The van der Waals surface area contributed by atoms with Gasteiger partial charge in [0.05, 0.1) is 18.8 Å². The largest absolute Gasteiger partial charge is 0.454 e. The Morgan fingerprint density at radius 3 is 2.62 bits per heavy atom. The molecule has 0 bridgehead atoms. The van der Waals surface area contributed by atoms with E-state index in [4.69, 9.17) is 14.5 Å². The fourth-order valence-electron chi connectivity index (χ4n) is 3.93. The highest BCUT2D eigenvalue weighted by molar-refractivity contribution is 7.09. The molecule has 1 saturated heterocycles. The second-order valence-corrected chi connectivity index (χ2v) is 8.95. The summed E-state index contributed by atoms with van der Waals surface area (Å²) in [4.78, 5) is 21.8. The van der Waals surface area contributed by atoms with Gasteiger partial charge in [0, 0.05) is 43.7 Å². The molecular formula is C24H26N4O3S. The van der Waals surface area contributed by atoms with Crippen LogP contribution in [0.1, 0.15) is 10.6 Å². The third-order valence-corrected chi connectivity index (χ3v) is 6.57. The molecule has 3 aromatic rings. The number of carbonyl (C=O) groups is 1. The van der Waals surface area contributed by atoms with Crippen molar-refractivity contribution in [2.45, 2.75) is 13.1 Å². The number of piperazine rings is 1. The average molecular weight is 451 g/mol. The Bertz CT molecular complexity index is 1060. The van der Waals surface area contributed by atoms with E-state index in [0.717, 1.165) is 66.1 Å². The number of amides is 1. The number of nitrogens with zero attached hydrogens (tertiary/aromatic N) is 3. The highest BCUT2D eigenvalue weighted by Crippen LogP contribution is 2.32. The van der Waals surface area contributed by atoms with Crippen molar-refractivity contribution in [3.8, 4) is 22.8 Å². The highest BCUT2D eigenvalue weighted by Gasteiger charge is 2.20. The van der Waals surface area contributed by atoms with Gasteiger partial charge >= 0.3 is 0 Å². The van der Waals surface area contributed by atoms with Gasteiger partial charge in [-0.15, -0.1) is 11.3 Å². The number of carbonyl (C=O) groups excluding carboxylic acids is 1. The van der Waals surface area contributed by atoms with E-state index in [1.165, 1.54) is 0 Å². The number of hydrogen-bond acceptors (Lipinski definition) is 7. The summed E-state index contributed by atoms with van der Waals surface area (Å²) in [7, 11) is 0. The first-order valence-electron chi connectivity index (χ1n) is 10.8. The monoisotopic (exact) mass is 450 g/mol.